The lowest BCUT2D eigenvalue weighted by molar-refractivity contribution is 0.588. The third kappa shape index (κ3) is 2.35. The first-order chi connectivity index (χ1) is 10.4. The van der Waals surface area contributed by atoms with E-state index in [0.29, 0.717) is 18.0 Å². The van der Waals surface area contributed by atoms with Crippen LogP contribution < -0.4 is 9.21 Å². The number of anilines is 2. The Morgan fingerprint density at radius 3 is 2.32 bits per heavy atom. The summed E-state index contributed by atoms with van der Waals surface area (Å²) in [4.78, 5) is 2.47. The Morgan fingerprint density at radius 1 is 0.955 bits per heavy atom. The van der Waals surface area contributed by atoms with E-state index in [2.05, 4.69) is 4.90 Å². The van der Waals surface area contributed by atoms with E-state index in [1.807, 2.05) is 57.3 Å². The van der Waals surface area contributed by atoms with Crippen LogP contribution in [0.25, 0.3) is 0 Å². The molecule has 0 bridgehead atoms. The summed E-state index contributed by atoms with van der Waals surface area (Å²) in [6, 6.07) is 13.1. The van der Waals surface area contributed by atoms with Gasteiger partial charge < -0.3 is 4.90 Å². The Bertz CT molecular complexity index is 815. The summed E-state index contributed by atoms with van der Waals surface area (Å²) in [7, 11) is -1.55. The van der Waals surface area contributed by atoms with Gasteiger partial charge in [0.1, 0.15) is 0 Å². The van der Waals surface area contributed by atoms with Gasteiger partial charge in [0.05, 0.1) is 22.8 Å². The SMILES string of the molecule is Cc1ccc(S(=O)(=O)N2CCN(C)c3ccccc32)c(C)c1. The van der Waals surface area contributed by atoms with Gasteiger partial charge in [-0.2, -0.15) is 0 Å². The zero-order valence-electron chi connectivity index (χ0n) is 13.1. The molecule has 0 N–H and O–H groups in total. The summed E-state index contributed by atoms with van der Waals surface area (Å²) in [5.74, 6) is 0. The molecule has 1 heterocycles. The second-order valence-corrected chi connectivity index (χ2v) is 7.59. The van der Waals surface area contributed by atoms with Crippen LogP contribution in [0.15, 0.2) is 47.4 Å². The second kappa shape index (κ2) is 5.32. The van der Waals surface area contributed by atoms with Crippen molar-refractivity contribution in [2.24, 2.45) is 0 Å². The highest BCUT2D eigenvalue weighted by Crippen LogP contribution is 2.36. The molecule has 1 aliphatic heterocycles. The lowest BCUT2D eigenvalue weighted by Gasteiger charge is -2.36. The molecule has 5 heteroatoms. The van der Waals surface area contributed by atoms with Crippen LogP contribution in [-0.4, -0.2) is 28.6 Å². The molecule has 0 aromatic heterocycles. The standard InChI is InChI=1S/C17H20N2O2S/c1-13-8-9-17(14(2)12-13)22(20,21)19-11-10-18(3)15-6-4-5-7-16(15)19/h4-9,12H,10-11H2,1-3H3. The van der Waals surface area contributed by atoms with Crippen LogP contribution in [0, 0.1) is 13.8 Å². The Hall–Kier alpha value is -2.01. The molecule has 22 heavy (non-hydrogen) atoms. The van der Waals surface area contributed by atoms with Crippen molar-refractivity contribution in [3.8, 4) is 0 Å². The molecule has 0 radical (unpaired) electrons. The van der Waals surface area contributed by atoms with Gasteiger partial charge in [-0.15, -0.1) is 0 Å². The molecule has 0 saturated carbocycles. The van der Waals surface area contributed by atoms with Crippen LogP contribution in [0.2, 0.25) is 0 Å². The predicted molar refractivity (Wildman–Crippen MR) is 90.2 cm³/mol. The van der Waals surface area contributed by atoms with Crippen LogP contribution in [0.3, 0.4) is 0 Å². The van der Waals surface area contributed by atoms with Gasteiger partial charge in [-0.1, -0.05) is 29.8 Å². The number of hydrogen-bond acceptors (Lipinski definition) is 3. The highest BCUT2D eigenvalue weighted by atomic mass is 32.2. The number of benzene rings is 2. The lowest BCUT2D eigenvalue weighted by atomic mass is 10.2. The molecule has 0 spiro atoms. The second-order valence-electron chi connectivity index (χ2n) is 5.76. The molecule has 2 aromatic carbocycles. The molecule has 0 aliphatic carbocycles. The average Bonchev–Trinajstić information content (AvgIpc) is 2.47. The van der Waals surface area contributed by atoms with Gasteiger partial charge >= 0.3 is 0 Å². The van der Waals surface area contributed by atoms with E-state index in [1.165, 1.54) is 4.31 Å². The Kier molecular flexibility index (Phi) is 3.60. The number of nitrogens with zero attached hydrogens (tertiary/aromatic N) is 2. The predicted octanol–water partition coefficient (Wildman–Crippen LogP) is 2.95. The first-order valence-electron chi connectivity index (χ1n) is 7.31. The zero-order chi connectivity index (χ0) is 15.9. The van der Waals surface area contributed by atoms with Crippen LogP contribution in [0.5, 0.6) is 0 Å². The van der Waals surface area contributed by atoms with E-state index in [4.69, 9.17) is 0 Å². The first-order valence-corrected chi connectivity index (χ1v) is 8.75. The maximum absolute atomic E-state index is 13.1. The molecule has 1 aliphatic rings. The largest absolute Gasteiger partial charge is 0.371 e. The van der Waals surface area contributed by atoms with E-state index in [0.717, 1.165) is 22.5 Å². The van der Waals surface area contributed by atoms with Gasteiger partial charge in [0, 0.05) is 13.6 Å². The third-order valence-corrected chi connectivity index (χ3v) is 6.07. The Labute approximate surface area is 132 Å². The fourth-order valence-corrected chi connectivity index (χ4v) is 4.62. The van der Waals surface area contributed by atoms with E-state index < -0.39 is 10.0 Å². The smallest absolute Gasteiger partial charge is 0.264 e. The van der Waals surface area contributed by atoms with E-state index in [1.54, 1.807) is 6.07 Å². The summed E-state index contributed by atoms with van der Waals surface area (Å²) in [6.45, 7) is 4.96. The highest BCUT2D eigenvalue weighted by molar-refractivity contribution is 7.93. The fourth-order valence-electron chi connectivity index (χ4n) is 2.94. The molecule has 0 saturated heterocycles. The normalized spacial score (nSPS) is 14.9. The van der Waals surface area contributed by atoms with Crippen molar-refractivity contribution in [2.75, 3.05) is 29.3 Å². The van der Waals surface area contributed by atoms with Gasteiger partial charge in [-0.25, -0.2) is 8.42 Å². The monoisotopic (exact) mass is 316 g/mol. The topological polar surface area (TPSA) is 40.6 Å². The molecule has 0 amide bonds. The number of para-hydroxylation sites is 2. The minimum absolute atomic E-state index is 0.387. The summed E-state index contributed by atoms with van der Waals surface area (Å²) >= 11 is 0. The van der Waals surface area contributed by atoms with E-state index in [9.17, 15) is 8.42 Å². The third-order valence-electron chi connectivity index (χ3n) is 4.10. The Balaban J connectivity index is 2.13. The van der Waals surface area contributed by atoms with Crippen molar-refractivity contribution in [1.82, 2.24) is 0 Å². The van der Waals surface area contributed by atoms with Crippen molar-refractivity contribution in [3.05, 3.63) is 53.6 Å². The number of sulfonamides is 1. The van der Waals surface area contributed by atoms with Crippen LogP contribution in [0.4, 0.5) is 11.4 Å². The molecular formula is C17H20N2O2S. The minimum atomic E-state index is -3.54. The summed E-state index contributed by atoms with van der Waals surface area (Å²) in [6.07, 6.45) is 0. The highest BCUT2D eigenvalue weighted by Gasteiger charge is 2.31. The van der Waals surface area contributed by atoms with Crippen molar-refractivity contribution in [1.29, 1.82) is 0 Å². The quantitative estimate of drug-likeness (QED) is 0.855. The van der Waals surface area contributed by atoms with Crippen molar-refractivity contribution in [3.63, 3.8) is 0 Å². The number of rotatable bonds is 2. The summed E-state index contributed by atoms with van der Waals surface area (Å²) in [5, 5.41) is 0. The minimum Gasteiger partial charge on any atom is -0.371 e. The maximum Gasteiger partial charge on any atom is 0.264 e. The molecule has 0 unspecified atom stereocenters. The van der Waals surface area contributed by atoms with Gasteiger partial charge in [-0.05, 0) is 37.6 Å². The van der Waals surface area contributed by atoms with Crippen LogP contribution >= 0.6 is 0 Å². The molecule has 2 aromatic rings. The number of likely N-dealkylation sites (N-methyl/N-ethyl adjacent to an activating group) is 1. The average molecular weight is 316 g/mol. The molecule has 116 valence electrons. The molecular weight excluding hydrogens is 296 g/mol. The molecule has 3 rings (SSSR count). The number of fused-ring (bicyclic) bond motifs is 1. The molecule has 0 fully saturated rings. The lowest BCUT2D eigenvalue weighted by Crippen LogP contribution is -2.42. The van der Waals surface area contributed by atoms with Gasteiger partial charge in [0.25, 0.3) is 10.0 Å². The van der Waals surface area contributed by atoms with Crippen LogP contribution in [-0.2, 0) is 10.0 Å². The summed E-state index contributed by atoms with van der Waals surface area (Å²) < 4.78 is 27.7. The maximum atomic E-state index is 13.1. The number of hydrogen-bond donors (Lipinski definition) is 0. The van der Waals surface area contributed by atoms with Gasteiger partial charge in [-0.3, -0.25) is 4.31 Å². The zero-order valence-corrected chi connectivity index (χ0v) is 13.9. The molecule has 0 atom stereocenters. The molecule has 4 nitrogen and oxygen atoms in total. The first kappa shape index (κ1) is 14.9. The van der Waals surface area contributed by atoms with Gasteiger partial charge in [0.15, 0.2) is 0 Å². The van der Waals surface area contributed by atoms with Gasteiger partial charge in [0.2, 0.25) is 0 Å². The van der Waals surface area contributed by atoms with E-state index in [-0.39, 0.29) is 0 Å². The van der Waals surface area contributed by atoms with Crippen molar-refractivity contribution >= 4 is 21.4 Å². The number of aryl methyl sites for hydroxylation is 2. The van der Waals surface area contributed by atoms with Crippen molar-refractivity contribution in [2.45, 2.75) is 18.7 Å². The summed E-state index contributed by atoms with van der Waals surface area (Å²) in [5.41, 5.74) is 3.55. The fraction of sp³-hybridized carbons (Fsp3) is 0.294. The van der Waals surface area contributed by atoms with Crippen molar-refractivity contribution < 1.29 is 8.42 Å². The van der Waals surface area contributed by atoms with E-state index >= 15 is 0 Å². The Morgan fingerprint density at radius 2 is 1.64 bits per heavy atom. The van der Waals surface area contributed by atoms with Crippen LogP contribution in [0.1, 0.15) is 11.1 Å².